The zero-order valence-corrected chi connectivity index (χ0v) is 26.0. The van der Waals surface area contributed by atoms with Gasteiger partial charge in [-0.2, -0.15) is 18.4 Å². The Hall–Kier alpha value is -3.14. The standard InChI is InChI=1S/C31H36ClF5N4O4/c1-27(2,3)45-26(44)40-12-6-18(7-13-40)19-4-5-21(22(32)14-19)30(33,34)20-15-23(24(42)39-28(17-38)8-9-28)41(16-20)25(43)29(10-11-29)31(35,36)37/h4-5,14,18,20,23H,6-13,15-16H2,1-3H3,(H,39,42)/t20?,23-/m0/s1. The highest BCUT2D eigenvalue weighted by Crippen LogP contribution is 2.60. The van der Waals surface area contributed by atoms with Crippen LogP contribution >= 0.6 is 11.6 Å². The van der Waals surface area contributed by atoms with Crippen LogP contribution in [-0.4, -0.2) is 70.7 Å². The number of nitrogens with zero attached hydrogens (tertiary/aromatic N) is 3. The number of carbonyl (C=O) groups excluding carboxylic acids is 3. The summed E-state index contributed by atoms with van der Waals surface area (Å²) in [6, 6.07) is 4.49. The van der Waals surface area contributed by atoms with Gasteiger partial charge in [0.15, 0.2) is 0 Å². The highest BCUT2D eigenvalue weighted by molar-refractivity contribution is 6.31. The summed E-state index contributed by atoms with van der Waals surface area (Å²) in [6.45, 7) is 5.38. The van der Waals surface area contributed by atoms with Crippen LogP contribution in [0.1, 0.15) is 82.8 Å². The van der Waals surface area contributed by atoms with E-state index < -0.39 is 89.9 Å². The van der Waals surface area contributed by atoms with E-state index in [-0.39, 0.29) is 10.9 Å². The third kappa shape index (κ3) is 6.44. The van der Waals surface area contributed by atoms with Crippen LogP contribution in [0.4, 0.5) is 26.7 Å². The molecule has 8 nitrogen and oxygen atoms in total. The molecule has 2 atom stereocenters. The lowest BCUT2D eigenvalue weighted by Crippen LogP contribution is -2.53. The molecule has 2 saturated carbocycles. The Kier molecular flexibility index (Phi) is 8.33. The minimum absolute atomic E-state index is 0.0523. The summed E-state index contributed by atoms with van der Waals surface area (Å²) in [4.78, 5) is 41.0. The number of carbonyl (C=O) groups is 3. The van der Waals surface area contributed by atoms with Crippen LogP contribution in [0.2, 0.25) is 5.02 Å². The molecular formula is C31H36ClF5N4O4. The van der Waals surface area contributed by atoms with Gasteiger partial charge in [0.25, 0.3) is 5.92 Å². The predicted octanol–water partition coefficient (Wildman–Crippen LogP) is 6.28. The molecule has 2 aliphatic heterocycles. The van der Waals surface area contributed by atoms with Crippen LogP contribution in [0.25, 0.3) is 0 Å². The van der Waals surface area contributed by atoms with Crippen molar-refractivity contribution in [3.05, 3.63) is 34.3 Å². The number of halogens is 6. The van der Waals surface area contributed by atoms with Crippen LogP contribution in [0.5, 0.6) is 0 Å². The molecule has 1 unspecified atom stereocenters. The van der Waals surface area contributed by atoms with Gasteiger partial charge in [-0.15, -0.1) is 0 Å². The number of hydrogen-bond acceptors (Lipinski definition) is 5. The van der Waals surface area contributed by atoms with Gasteiger partial charge in [-0.25, -0.2) is 13.6 Å². The molecule has 14 heteroatoms. The van der Waals surface area contributed by atoms with Gasteiger partial charge in [-0.3, -0.25) is 9.59 Å². The van der Waals surface area contributed by atoms with Crippen LogP contribution in [0, 0.1) is 22.7 Å². The first-order valence-corrected chi connectivity index (χ1v) is 15.5. The maximum atomic E-state index is 16.1. The fraction of sp³-hybridized carbons (Fsp3) is 0.677. The monoisotopic (exact) mass is 658 g/mol. The number of amides is 3. The molecule has 45 heavy (non-hydrogen) atoms. The zero-order chi connectivity index (χ0) is 33.2. The van der Waals surface area contributed by atoms with E-state index in [0.29, 0.717) is 49.2 Å². The van der Waals surface area contributed by atoms with Crippen molar-refractivity contribution >= 4 is 29.5 Å². The quantitative estimate of drug-likeness (QED) is 0.363. The fourth-order valence-corrected chi connectivity index (χ4v) is 6.61. The predicted molar refractivity (Wildman–Crippen MR) is 152 cm³/mol. The number of nitrogens with one attached hydrogen (secondary N) is 1. The van der Waals surface area contributed by atoms with Crippen molar-refractivity contribution in [1.82, 2.24) is 15.1 Å². The molecular weight excluding hydrogens is 623 g/mol. The summed E-state index contributed by atoms with van der Waals surface area (Å²) >= 11 is 6.41. The third-order valence-electron chi connectivity index (χ3n) is 9.38. The Morgan fingerprint density at radius 3 is 2.16 bits per heavy atom. The lowest BCUT2D eigenvalue weighted by atomic mass is 9.86. The highest BCUT2D eigenvalue weighted by Gasteiger charge is 2.71. The summed E-state index contributed by atoms with van der Waals surface area (Å²) in [7, 11) is 0. The molecule has 0 aromatic heterocycles. The van der Waals surface area contributed by atoms with Crippen molar-refractivity contribution in [3.63, 3.8) is 0 Å². The molecule has 1 N–H and O–H groups in total. The van der Waals surface area contributed by atoms with Crippen molar-refractivity contribution in [2.24, 2.45) is 11.3 Å². The fourth-order valence-electron chi connectivity index (χ4n) is 6.30. The number of rotatable bonds is 6. The Bertz CT molecular complexity index is 1410. The van der Waals surface area contributed by atoms with E-state index in [0.717, 1.165) is 0 Å². The molecule has 0 radical (unpaired) electrons. The van der Waals surface area contributed by atoms with Gasteiger partial charge < -0.3 is 19.9 Å². The molecule has 2 heterocycles. The average molecular weight is 659 g/mol. The Labute approximate surface area is 263 Å². The van der Waals surface area contributed by atoms with E-state index in [1.165, 1.54) is 18.2 Å². The molecule has 4 aliphatic rings. The summed E-state index contributed by atoms with van der Waals surface area (Å²) in [5, 5.41) is 11.6. The van der Waals surface area contributed by atoms with Crippen LogP contribution in [0.15, 0.2) is 18.2 Å². The molecule has 5 rings (SSSR count). The number of likely N-dealkylation sites (tertiary alicyclic amines) is 2. The number of benzene rings is 1. The lowest BCUT2D eigenvalue weighted by Gasteiger charge is -2.34. The summed E-state index contributed by atoms with van der Waals surface area (Å²) in [6.07, 6.45) is -5.10. The Morgan fingerprint density at radius 2 is 1.67 bits per heavy atom. The molecule has 3 amide bonds. The molecule has 0 bridgehead atoms. The minimum Gasteiger partial charge on any atom is -0.444 e. The molecule has 4 fully saturated rings. The van der Waals surface area contributed by atoms with Crippen LogP contribution < -0.4 is 5.32 Å². The molecule has 0 spiro atoms. The normalized spacial score (nSPS) is 24.5. The zero-order valence-electron chi connectivity index (χ0n) is 25.3. The van der Waals surface area contributed by atoms with Crippen molar-refractivity contribution in [1.29, 1.82) is 5.26 Å². The number of nitriles is 1. The first-order valence-electron chi connectivity index (χ1n) is 15.1. The van der Waals surface area contributed by atoms with Crippen LogP contribution in [-0.2, 0) is 20.2 Å². The number of ether oxygens (including phenoxy) is 1. The van der Waals surface area contributed by atoms with E-state index in [9.17, 15) is 32.8 Å². The topological polar surface area (TPSA) is 103 Å². The number of hydrogen-bond donors (Lipinski definition) is 1. The van der Waals surface area contributed by atoms with E-state index in [1.807, 2.05) is 6.07 Å². The summed E-state index contributed by atoms with van der Waals surface area (Å²) in [5.41, 5.74) is -4.37. The van der Waals surface area contributed by atoms with Gasteiger partial charge in [0.1, 0.15) is 22.6 Å². The maximum Gasteiger partial charge on any atom is 0.410 e. The van der Waals surface area contributed by atoms with Crippen LogP contribution in [0.3, 0.4) is 0 Å². The van der Waals surface area contributed by atoms with Crippen molar-refractivity contribution in [2.75, 3.05) is 19.6 Å². The lowest BCUT2D eigenvalue weighted by molar-refractivity contribution is -0.199. The van der Waals surface area contributed by atoms with Gasteiger partial charge in [-0.1, -0.05) is 23.7 Å². The van der Waals surface area contributed by atoms with E-state index in [2.05, 4.69) is 5.32 Å². The van der Waals surface area contributed by atoms with Crippen molar-refractivity contribution in [2.45, 2.75) is 101 Å². The second-order valence-electron chi connectivity index (χ2n) is 13.8. The van der Waals surface area contributed by atoms with E-state index in [1.54, 1.807) is 25.7 Å². The molecule has 246 valence electrons. The summed E-state index contributed by atoms with van der Waals surface area (Å²) in [5.74, 6) is -7.75. The van der Waals surface area contributed by atoms with Crippen molar-refractivity contribution < 1.29 is 41.1 Å². The first kappa shape index (κ1) is 33.2. The molecule has 1 aromatic carbocycles. The maximum absolute atomic E-state index is 16.1. The molecule has 2 aliphatic carbocycles. The largest absolute Gasteiger partial charge is 0.444 e. The first-order chi connectivity index (χ1) is 20.8. The van der Waals surface area contributed by atoms with Gasteiger partial charge in [-0.05, 0) is 83.3 Å². The number of alkyl halides is 5. The smallest absolute Gasteiger partial charge is 0.410 e. The number of piperidine rings is 1. The second-order valence-corrected chi connectivity index (χ2v) is 14.2. The third-order valence-corrected chi connectivity index (χ3v) is 9.69. The Morgan fingerprint density at radius 1 is 1.04 bits per heavy atom. The SMILES string of the molecule is CC(C)(C)OC(=O)N1CCC(c2ccc(C(F)(F)C3C[C@@H](C(=O)NC4(C#N)CC4)N(C(=O)C4(C(F)(F)F)CC4)C3)c(Cl)c2)CC1. The van der Waals surface area contributed by atoms with E-state index in [4.69, 9.17) is 16.3 Å². The van der Waals surface area contributed by atoms with Gasteiger partial charge in [0.05, 0.1) is 11.1 Å². The van der Waals surface area contributed by atoms with E-state index >= 15 is 8.78 Å². The van der Waals surface area contributed by atoms with Gasteiger partial charge in [0.2, 0.25) is 11.8 Å². The second kappa shape index (κ2) is 11.3. The van der Waals surface area contributed by atoms with Gasteiger partial charge in [0, 0.05) is 31.1 Å². The Balaban J connectivity index is 1.32. The highest BCUT2D eigenvalue weighted by atomic mass is 35.5. The average Bonchev–Trinajstić information content (AvgIpc) is 3.87. The minimum atomic E-state index is -4.89. The molecule has 1 aromatic rings. The van der Waals surface area contributed by atoms with Gasteiger partial charge >= 0.3 is 12.3 Å². The van der Waals surface area contributed by atoms with Crippen molar-refractivity contribution in [3.8, 4) is 6.07 Å². The summed E-state index contributed by atoms with van der Waals surface area (Å²) < 4.78 is 79.2. The molecule has 2 saturated heterocycles.